The summed E-state index contributed by atoms with van der Waals surface area (Å²) in [5.41, 5.74) is 3.63. The molecule has 8 heteroatoms. The number of carbonyl (C=O) groups is 1. The average Bonchev–Trinajstić information content (AvgIpc) is 2.75. The van der Waals surface area contributed by atoms with E-state index in [1.54, 1.807) is 19.1 Å². The van der Waals surface area contributed by atoms with E-state index in [2.05, 4.69) is 10.5 Å². The van der Waals surface area contributed by atoms with Crippen LogP contribution in [0.3, 0.4) is 0 Å². The minimum absolute atomic E-state index is 0.00970. The Kier molecular flexibility index (Phi) is 4.82. The summed E-state index contributed by atoms with van der Waals surface area (Å²) in [6.07, 6.45) is -0.836. The molecule has 3 aromatic carbocycles. The molecule has 1 aliphatic heterocycles. The van der Waals surface area contributed by atoms with Gasteiger partial charge in [-0.15, -0.1) is 0 Å². The zero-order valence-corrected chi connectivity index (χ0v) is 15.5. The van der Waals surface area contributed by atoms with Crippen LogP contribution in [0.15, 0.2) is 65.8 Å². The number of hydrogen-bond acceptors (Lipinski definition) is 6. The maximum absolute atomic E-state index is 12.4. The highest BCUT2D eigenvalue weighted by molar-refractivity contribution is 5.99. The number of hydrogen-bond donors (Lipinski definition) is 1. The van der Waals surface area contributed by atoms with Gasteiger partial charge >= 0.3 is 0 Å². The Hall–Kier alpha value is -3.94. The lowest BCUT2D eigenvalue weighted by Gasteiger charge is -2.25. The Morgan fingerprint density at radius 3 is 2.41 bits per heavy atom. The van der Waals surface area contributed by atoms with E-state index in [1.807, 2.05) is 36.4 Å². The lowest BCUT2D eigenvalue weighted by Crippen LogP contribution is -2.42. The van der Waals surface area contributed by atoms with Crippen molar-refractivity contribution in [3.8, 4) is 11.5 Å². The molecule has 1 atom stereocenters. The lowest BCUT2D eigenvalue weighted by molar-refractivity contribution is -0.384. The van der Waals surface area contributed by atoms with Crippen LogP contribution < -0.4 is 14.9 Å². The highest BCUT2D eigenvalue weighted by atomic mass is 16.6. The van der Waals surface area contributed by atoms with Crippen molar-refractivity contribution in [2.45, 2.75) is 13.0 Å². The molecule has 1 unspecified atom stereocenters. The van der Waals surface area contributed by atoms with Gasteiger partial charge in [0.05, 0.1) is 10.6 Å². The Balaban J connectivity index is 1.44. The number of benzene rings is 3. The molecular formula is C21H17N3O5. The van der Waals surface area contributed by atoms with Crippen molar-refractivity contribution in [1.82, 2.24) is 5.43 Å². The maximum Gasteiger partial charge on any atom is 0.284 e. The normalized spacial score (nSPS) is 15.8. The van der Waals surface area contributed by atoms with E-state index in [1.165, 1.54) is 12.1 Å². The molecule has 0 aromatic heterocycles. The number of amides is 1. The predicted octanol–water partition coefficient (Wildman–Crippen LogP) is 3.43. The van der Waals surface area contributed by atoms with Crippen LogP contribution in [0.5, 0.6) is 11.5 Å². The van der Waals surface area contributed by atoms with E-state index in [4.69, 9.17) is 9.47 Å². The summed E-state index contributed by atoms with van der Waals surface area (Å²) < 4.78 is 11.5. The highest BCUT2D eigenvalue weighted by Gasteiger charge is 2.27. The molecule has 29 heavy (non-hydrogen) atoms. The van der Waals surface area contributed by atoms with Gasteiger partial charge in [0.2, 0.25) is 6.10 Å². The largest absolute Gasteiger partial charge is 0.485 e. The summed E-state index contributed by atoms with van der Waals surface area (Å²) in [4.78, 5) is 22.7. The molecule has 146 valence electrons. The first-order valence-corrected chi connectivity index (χ1v) is 8.92. The molecule has 0 fully saturated rings. The van der Waals surface area contributed by atoms with E-state index < -0.39 is 16.9 Å². The molecule has 0 spiro atoms. The van der Waals surface area contributed by atoms with Crippen molar-refractivity contribution < 1.29 is 19.2 Å². The number of fused-ring (bicyclic) bond motifs is 2. The average molecular weight is 391 g/mol. The summed E-state index contributed by atoms with van der Waals surface area (Å²) in [6.45, 7) is 1.77. The number of rotatable bonds is 4. The van der Waals surface area contributed by atoms with Gasteiger partial charge in [-0.2, -0.15) is 5.10 Å². The third-order valence-electron chi connectivity index (χ3n) is 4.59. The maximum atomic E-state index is 12.4. The van der Waals surface area contributed by atoms with E-state index in [-0.39, 0.29) is 12.3 Å². The smallest absolute Gasteiger partial charge is 0.284 e. The molecule has 0 bridgehead atoms. The van der Waals surface area contributed by atoms with Crippen molar-refractivity contribution in [1.29, 1.82) is 0 Å². The molecule has 8 nitrogen and oxygen atoms in total. The summed E-state index contributed by atoms with van der Waals surface area (Å²) in [5, 5.41) is 16.8. The molecule has 1 aliphatic rings. The molecule has 3 aromatic rings. The van der Waals surface area contributed by atoms with Gasteiger partial charge in [0.15, 0.2) is 11.5 Å². The predicted molar refractivity (Wildman–Crippen MR) is 107 cm³/mol. The molecule has 0 saturated carbocycles. The first-order valence-electron chi connectivity index (χ1n) is 8.92. The number of nitro groups is 1. The lowest BCUT2D eigenvalue weighted by atomic mass is 10.1. The first kappa shape index (κ1) is 18.4. The summed E-state index contributed by atoms with van der Waals surface area (Å²) in [7, 11) is 0. The molecule has 1 heterocycles. The van der Waals surface area contributed by atoms with Crippen molar-refractivity contribution in [2.75, 3.05) is 6.61 Å². The number of nitrogens with zero attached hydrogens (tertiary/aromatic N) is 2. The Labute approximate surface area is 165 Å². The van der Waals surface area contributed by atoms with E-state index >= 15 is 0 Å². The standard InChI is InChI=1S/C21H17N3O5/c1-13(14-6-8-17(9-7-14)24(26)27)22-23-21(25)20-12-28-18-10-15-4-2-3-5-16(15)11-19(18)29-20/h2-11,20H,12H2,1H3,(H,23,25). The second-order valence-electron chi connectivity index (χ2n) is 6.54. The van der Waals surface area contributed by atoms with Gasteiger partial charge < -0.3 is 9.47 Å². The van der Waals surface area contributed by atoms with Crippen LogP contribution in [-0.4, -0.2) is 29.3 Å². The Bertz CT molecular complexity index is 1120. The number of hydrazone groups is 1. The monoisotopic (exact) mass is 391 g/mol. The second-order valence-corrected chi connectivity index (χ2v) is 6.54. The molecule has 0 radical (unpaired) electrons. The number of non-ortho nitro benzene ring substituents is 1. The van der Waals surface area contributed by atoms with Crippen LogP contribution >= 0.6 is 0 Å². The van der Waals surface area contributed by atoms with Gasteiger partial charge in [0.25, 0.3) is 11.6 Å². The van der Waals surface area contributed by atoms with Crippen LogP contribution in [0, 0.1) is 10.1 Å². The molecule has 0 saturated heterocycles. The summed E-state index contributed by atoms with van der Waals surface area (Å²) >= 11 is 0. The molecular weight excluding hydrogens is 374 g/mol. The van der Waals surface area contributed by atoms with Crippen molar-refractivity contribution >= 4 is 28.1 Å². The topological polar surface area (TPSA) is 103 Å². The van der Waals surface area contributed by atoms with E-state index in [0.717, 1.165) is 10.8 Å². The van der Waals surface area contributed by atoms with Crippen LogP contribution in [0.25, 0.3) is 10.8 Å². The van der Waals surface area contributed by atoms with Crippen molar-refractivity contribution in [3.05, 3.63) is 76.3 Å². The number of ether oxygens (including phenoxy) is 2. The van der Waals surface area contributed by atoms with Gasteiger partial charge in [-0.3, -0.25) is 14.9 Å². The van der Waals surface area contributed by atoms with Gasteiger partial charge in [-0.05, 0) is 47.5 Å². The third-order valence-corrected chi connectivity index (χ3v) is 4.59. The molecule has 1 N–H and O–H groups in total. The fourth-order valence-electron chi connectivity index (χ4n) is 2.99. The second kappa shape index (κ2) is 7.59. The minimum Gasteiger partial charge on any atom is -0.485 e. The van der Waals surface area contributed by atoms with Crippen molar-refractivity contribution in [2.24, 2.45) is 5.10 Å². The number of nitro benzene ring substituents is 1. The van der Waals surface area contributed by atoms with Crippen LogP contribution in [-0.2, 0) is 4.79 Å². The SMILES string of the molecule is CC(=NNC(=O)C1COc2cc3ccccc3cc2O1)c1ccc([N+](=O)[O-])cc1. The first-order chi connectivity index (χ1) is 14.0. The number of nitrogens with one attached hydrogen (secondary N) is 1. The fraction of sp³-hybridized carbons (Fsp3) is 0.143. The zero-order valence-electron chi connectivity index (χ0n) is 15.5. The Morgan fingerprint density at radius 2 is 1.76 bits per heavy atom. The van der Waals surface area contributed by atoms with Crippen LogP contribution in [0.4, 0.5) is 5.69 Å². The highest BCUT2D eigenvalue weighted by Crippen LogP contribution is 2.35. The summed E-state index contributed by atoms with van der Waals surface area (Å²) in [6, 6.07) is 17.5. The third kappa shape index (κ3) is 3.86. The quantitative estimate of drug-likeness (QED) is 0.417. The van der Waals surface area contributed by atoms with E-state index in [9.17, 15) is 14.9 Å². The van der Waals surface area contributed by atoms with Crippen LogP contribution in [0.1, 0.15) is 12.5 Å². The molecule has 4 rings (SSSR count). The van der Waals surface area contributed by atoms with Crippen molar-refractivity contribution in [3.63, 3.8) is 0 Å². The van der Waals surface area contributed by atoms with Gasteiger partial charge in [-0.1, -0.05) is 24.3 Å². The number of carbonyl (C=O) groups excluding carboxylic acids is 1. The fourth-order valence-corrected chi connectivity index (χ4v) is 2.99. The van der Waals surface area contributed by atoms with Gasteiger partial charge in [0, 0.05) is 12.1 Å². The Morgan fingerprint density at radius 1 is 1.10 bits per heavy atom. The summed E-state index contributed by atoms with van der Waals surface area (Å²) in [5.74, 6) is 0.662. The van der Waals surface area contributed by atoms with Gasteiger partial charge in [-0.25, -0.2) is 5.43 Å². The van der Waals surface area contributed by atoms with E-state index in [0.29, 0.717) is 22.8 Å². The molecule has 0 aliphatic carbocycles. The van der Waals surface area contributed by atoms with Gasteiger partial charge in [0.1, 0.15) is 6.61 Å². The minimum atomic E-state index is -0.836. The van der Waals surface area contributed by atoms with Crippen LogP contribution in [0.2, 0.25) is 0 Å². The molecule has 1 amide bonds. The zero-order chi connectivity index (χ0) is 20.4.